The van der Waals surface area contributed by atoms with Crippen molar-refractivity contribution in [2.24, 2.45) is 0 Å². The normalized spacial score (nSPS) is 15.5. The summed E-state index contributed by atoms with van der Waals surface area (Å²) in [7, 11) is 1.63. The average Bonchev–Trinajstić information content (AvgIpc) is 3.57. The number of pyridine rings is 1. The first-order valence-corrected chi connectivity index (χ1v) is 16.5. The minimum absolute atomic E-state index is 0.0451. The van der Waals surface area contributed by atoms with Crippen LogP contribution in [-0.2, 0) is 25.6 Å². The lowest BCUT2D eigenvalue weighted by Crippen LogP contribution is -2.54. The van der Waals surface area contributed by atoms with Crippen molar-refractivity contribution in [1.29, 1.82) is 0 Å². The van der Waals surface area contributed by atoms with Crippen molar-refractivity contribution in [3.8, 4) is 17.6 Å². The maximum absolute atomic E-state index is 13.2. The molecule has 0 aliphatic carbocycles. The monoisotopic (exact) mass is 714 g/mol. The van der Waals surface area contributed by atoms with E-state index in [1.54, 1.807) is 31.5 Å². The van der Waals surface area contributed by atoms with Gasteiger partial charge in [0.25, 0.3) is 11.8 Å². The van der Waals surface area contributed by atoms with Crippen molar-refractivity contribution in [3.05, 3.63) is 69.3 Å². The first-order chi connectivity index (χ1) is 24.6. The maximum atomic E-state index is 13.2. The standard InChI is InChI=1S/C35H35ClN8O7/c1-19-16-39-24(20(2)29(19)49-3)18-43-17-21(27-30(36)41-35(37)42-31(27)43)6-5-12-50-14-15-51-13-11-38-23-8-4-7-22-28(23)34(48)44(33(22)47)25-9-10-26(45)40-32(25)46/h4,7-8,16-17,25,38H,9-15,18H2,1-3H3,(H2,37,41,42)(H,40,45,46). The molecule has 0 saturated carbocycles. The van der Waals surface area contributed by atoms with Crippen molar-refractivity contribution in [1.82, 2.24) is 29.7 Å². The van der Waals surface area contributed by atoms with Crippen molar-refractivity contribution < 1.29 is 33.4 Å². The predicted octanol–water partition coefficient (Wildman–Crippen LogP) is 2.63. The number of aryl methyl sites for hydroxylation is 1. The van der Waals surface area contributed by atoms with Crippen LogP contribution in [-0.4, -0.2) is 94.2 Å². The van der Waals surface area contributed by atoms with Gasteiger partial charge in [0.1, 0.15) is 29.2 Å². The third kappa shape index (κ3) is 7.20. The Labute approximate surface area is 297 Å². The van der Waals surface area contributed by atoms with Gasteiger partial charge in [-0.25, -0.2) is 4.98 Å². The zero-order valence-corrected chi connectivity index (χ0v) is 28.9. The molecular formula is C35H35ClN8O7. The Morgan fingerprint density at radius 3 is 2.69 bits per heavy atom. The number of halogens is 1. The summed E-state index contributed by atoms with van der Waals surface area (Å²) in [5, 5.41) is 6.10. The Morgan fingerprint density at radius 1 is 1.10 bits per heavy atom. The smallest absolute Gasteiger partial charge is 0.264 e. The van der Waals surface area contributed by atoms with Crippen molar-refractivity contribution in [3.63, 3.8) is 0 Å². The zero-order valence-electron chi connectivity index (χ0n) is 28.2. The number of nitrogens with one attached hydrogen (secondary N) is 2. The van der Waals surface area contributed by atoms with E-state index in [-0.39, 0.29) is 48.3 Å². The van der Waals surface area contributed by atoms with E-state index in [0.717, 1.165) is 27.5 Å². The number of nitrogen functional groups attached to an aromatic ring is 1. The molecule has 2 aliphatic rings. The van der Waals surface area contributed by atoms with Crippen molar-refractivity contribution >= 4 is 57.9 Å². The molecule has 6 rings (SSSR count). The van der Waals surface area contributed by atoms with Crippen LogP contribution in [0.15, 0.2) is 30.6 Å². The summed E-state index contributed by atoms with van der Waals surface area (Å²) in [6.07, 6.45) is 3.74. The third-order valence-corrected chi connectivity index (χ3v) is 8.83. The van der Waals surface area contributed by atoms with Crippen LogP contribution in [0, 0.1) is 25.7 Å². The van der Waals surface area contributed by atoms with E-state index in [9.17, 15) is 19.2 Å². The summed E-state index contributed by atoms with van der Waals surface area (Å²) in [4.78, 5) is 64.2. The predicted molar refractivity (Wildman–Crippen MR) is 186 cm³/mol. The summed E-state index contributed by atoms with van der Waals surface area (Å²) in [5.41, 5.74) is 10.6. The Balaban J connectivity index is 0.993. The molecule has 0 bridgehead atoms. The summed E-state index contributed by atoms with van der Waals surface area (Å²) < 4.78 is 18.7. The molecule has 0 radical (unpaired) electrons. The molecule has 3 aromatic heterocycles. The molecule has 16 heteroatoms. The van der Waals surface area contributed by atoms with E-state index in [0.29, 0.717) is 48.6 Å². The number of amides is 4. The quantitative estimate of drug-likeness (QED) is 0.0842. The molecule has 2 aliphatic heterocycles. The SMILES string of the molecule is COc1c(C)cnc(Cn2cc(C#CCOCCOCCNc3cccc4c3C(=O)N(C3CCC(=O)NC3=O)C4=O)c3c(Cl)nc(N)nc32)c1C. The highest BCUT2D eigenvalue weighted by atomic mass is 35.5. The van der Waals surface area contributed by atoms with E-state index >= 15 is 0 Å². The van der Waals surface area contributed by atoms with Crippen LogP contribution in [0.2, 0.25) is 5.15 Å². The number of anilines is 2. The molecule has 5 heterocycles. The molecule has 4 N–H and O–H groups in total. The highest BCUT2D eigenvalue weighted by molar-refractivity contribution is 6.34. The van der Waals surface area contributed by atoms with Gasteiger partial charge in [0.05, 0.1) is 61.2 Å². The lowest BCUT2D eigenvalue weighted by atomic mass is 10.0. The number of hydrogen-bond acceptors (Lipinski definition) is 12. The molecule has 1 fully saturated rings. The number of fused-ring (bicyclic) bond motifs is 2. The van der Waals surface area contributed by atoms with Crippen LogP contribution >= 0.6 is 11.6 Å². The van der Waals surface area contributed by atoms with Crippen LogP contribution in [0.1, 0.15) is 55.9 Å². The van der Waals surface area contributed by atoms with Crippen LogP contribution in [0.25, 0.3) is 11.0 Å². The molecular weight excluding hydrogens is 680 g/mol. The molecule has 1 saturated heterocycles. The Bertz CT molecular complexity index is 2120. The highest BCUT2D eigenvalue weighted by Crippen LogP contribution is 2.33. The number of hydrogen-bond donors (Lipinski definition) is 3. The largest absolute Gasteiger partial charge is 0.496 e. The molecule has 51 heavy (non-hydrogen) atoms. The number of benzene rings is 1. The number of methoxy groups -OCH3 is 1. The third-order valence-electron chi connectivity index (χ3n) is 8.56. The lowest BCUT2D eigenvalue weighted by Gasteiger charge is -2.27. The first-order valence-electron chi connectivity index (χ1n) is 16.1. The number of ether oxygens (including phenoxy) is 3. The second kappa shape index (κ2) is 15.1. The number of carbonyl (C=O) groups is 4. The summed E-state index contributed by atoms with van der Waals surface area (Å²) in [5.74, 6) is 4.69. The maximum Gasteiger partial charge on any atom is 0.264 e. The summed E-state index contributed by atoms with van der Waals surface area (Å²) >= 11 is 6.48. The van der Waals surface area contributed by atoms with Crippen molar-refractivity contribution in [2.45, 2.75) is 39.3 Å². The summed E-state index contributed by atoms with van der Waals surface area (Å²) in [6, 6.07) is 3.85. The second-order valence-electron chi connectivity index (χ2n) is 11.9. The van der Waals surface area contributed by atoms with Gasteiger partial charge in [-0.3, -0.25) is 34.4 Å². The minimum Gasteiger partial charge on any atom is -0.496 e. The van der Waals surface area contributed by atoms with E-state index in [2.05, 4.69) is 37.4 Å². The number of carbonyl (C=O) groups excluding carboxylic acids is 4. The van der Waals surface area contributed by atoms with Gasteiger partial charge in [0.2, 0.25) is 17.8 Å². The van der Waals surface area contributed by atoms with Gasteiger partial charge in [-0.05, 0) is 32.4 Å². The number of rotatable bonds is 12. The van der Waals surface area contributed by atoms with Crippen LogP contribution < -0.4 is 21.1 Å². The molecule has 1 unspecified atom stereocenters. The first kappa shape index (κ1) is 35.3. The number of nitrogens with two attached hydrogens (primary N) is 1. The Morgan fingerprint density at radius 2 is 1.90 bits per heavy atom. The molecule has 15 nitrogen and oxygen atoms in total. The van der Waals surface area contributed by atoms with Gasteiger partial charge in [0.15, 0.2) is 0 Å². The van der Waals surface area contributed by atoms with Crippen LogP contribution in [0.3, 0.4) is 0 Å². The number of piperidine rings is 1. The van der Waals surface area contributed by atoms with E-state index in [1.807, 2.05) is 24.6 Å². The Kier molecular flexibility index (Phi) is 10.5. The van der Waals surface area contributed by atoms with Gasteiger partial charge in [-0.1, -0.05) is 29.5 Å². The lowest BCUT2D eigenvalue weighted by molar-refractivity contribution is -0.136. The summed E-state index contributed by atoms with van der Waals surface area (Å²) in [6.45, 7) is 5.62. The Hall–Kier alpha value is -5.56. The molecule has 4 amide bonds. The number of nitrogens with zero attached hydrogens (tertiary/aromatic N) is 5. The van der Waals surface area contributed by atoms with E-state index < -0.39 is 29.7 Å². The molecule has 1 atom stereocenters. The second-order valence-corrected chi connectivity index (χ2v) is 12.2. The number of imide groups is 2. The molecule has 264 valence electrons. The van der Waals surface area contributed by atoms with Gasteiger partial charge in [0, 0.05) is 42.2 Å². The topological polar surface area (TPSA) is 193 Å². The molecule has 1 aromatic carbocycles. The fourth-order valence-electron chi connectivity index (χ4n) is 6.16. The fourth-order valence-corrected chi connectivity index (χ4v) is 6.43. The van der Waals surface area contributed by atoms with Crippen LogP contribution in [0.5, 0.6) is 5.75 Å². The van der Waals surface area contributed by atoms with Crippen molar-refractivity contribution in [2.75, 3.05) is 51.1 Å². The number of aromatic nitrogens is 4. The molecule has 4 aromatic rings. The van der Waals surface area contributed by atoms with E-state index in [1.165, 1.54) is 0 Å². The average molecular weight is 715 g/mol. The molecule has 0 spiro atoms. The van der Waals surface area contributed by atoms with Gasteiger partial charge in [-0.15, -0.1) is 0 Å². The van der Waals surface area contributed by atoms with Gasteiger partial charge < -0.3 is 29.8 Å². The highest BCUT2D eigenvalue weighted by Gasteiger charge is 2.45. The van der Waals surface area contributed by atoms with Gasteiger partial charge >= 0.3 is 0 Å². The van der Waals surface area contributed by atoms with E-state index in [4.69, 9.17) is 31.5 Å². The van der Waals surface area contributed by atoms with Gasteiger partial charge in [-0.2, -0.15) is 4.98 Å². The minimum atomic E-state index is -1.03. The fraction of sp³-hybridized carbons (Fsp3) is 0.343. The zero-order chi connectivity index (χ0) is 36.2. The van der Waals surface area contributed by atoms with Crippen LogP contribution in [0.4, 0.5) is 11.6 Å².